The lowest BCUT2D eigenvalue weighted by Crippen LogP contribution is -2.00. The Bertz CT molecular complexity index is 579. The zero-order chi connectivity index (χ0) is 13.8. The van der Waals surface area contributed by atoms with Crippen molar-refractivity contribution in [2.75, 3.05) is 0 Å². The molecule has 2 aromatic rings. The fraction of sp³-hybridized carbons (Fsp3) is 0.250. The van der Waals surface area contributed by atoms with E-state index in [-0.39, 0.29) is 0 Å². The molecule has 1 nitrogen and oxygen atoms in total. The van der Waals surface area contributed by atoms with E-state index in [1.807, 2.05) is 31.2 Å². The van der Waals surface area contributed by atoms with Gasteiger partial charge in [-0.15, -0.1) is 11.6 Å². The van der Waals surface area contributed by atoms with E-state index in [1.165, 1.54) is 5.56 Å². The first-order valence-corrected chi connectivity index (χ1v) is 7.04. The number of hydrogen-bond acceptors (Lipinski definition) is 1. The summed E-state index contributed by atoms with van der Waals surface area (Å²) in [6.07, 6.45) is 0. The van der Waals surface area contributed by atoms with Crippen LogP contribution in [0.2, 0.25) is 5.02 Å². The Morgan fingerprint density at radius 3 is 2.53 bits per heavy atom. The minimum absolute atomic E-state index is 0.461. The van der Waals surface area contributed by atoms with Crippen molar-refractivity contribution in [3.8, 4) is 5.75 Å². The first-order valence-electron chi connectivity index (χ1n) is 6.13. The minimum Gasteiger partial charge on any atom is -0.489 e. The molecule has 0 N–H and O–H groups in total. The summed E-state index contributed by atoms with van der Waals surface area (Å²) in [5, 5.41) is 0.702. The molecule has 0 radical (unpaired) electrons. The summed E-state index contributed by atoms with van der Waals surface area (Å²) >= 11 is 11.9. The Balaban J connectivity index is 2.18. The lowest BCUT2D eigenvalue weighted by Gasteiger charge is -2.12. The molecule has 0 aliphatic rings. The van der Waals surface area contributed by atoms with Gasteiger partial charge in [0, 0.05) is 10.9 Å². The number of rotatable bonds is 4. The van der Waals surface area contributed by atoms with Crippen LogP contribution in [0.15, 0.2) is 36.4 Å². The summed E-state index contributed by atoms with van der Waals surface area (Å²) in [5.41, 5.74) is 4.39. The van der Waals surface area contributed by atoms with Gasteiger partial charge in [-0.3, -0.25) is 0 Å². The molecular formula is C16H16Cl2O. The molecule has 0 spiro atoms. The normalized spacial score (nSPS) is 10.5. The van der Waals surface area contributed by atoms with Gasteiger partial charge in [0.2, 0.25) is 0 Å². The first kappa shape index (κ1) is 14.2. The van der Waals surface area contributed by atoms with Crippen LogP contribution in [0.5, 0.6) is 5.75 Å². The minimum atomic E-state index is 0.461. The van der Waals surface area contributed by atoms with Crippen molar-refractivity contribution >= 4 is 23.2 Å². The van der Waals surface area contributed by atoms with Crippen LogP contribution in [-0.2, 0) is 12.5 Å². The third-order valence-corrected chi connectivity index (χ3v) is 3.56. The molecule has 0 saturated heterocycles. The summed E-state index contributed by atoms with van der Waals surface area (Å²) < 4.78 is 5.88. The topological polar surface area (TPSA) is 9.23 Å². The molecule has 3 heteroatoms. The van der Waals surface area contributed by atoms with Gasteiger partial charge in [-0.25, -0.2) is 0 Å². The SMILES string of the molecule is Cc1ccc(C)c(OCc2cc(Cl)ccc2CCl)c1. The predicted molar refractivity (Wildman–Crippen MR) is 81.3 cm³/mol. The molecule has 0 heterocycles. The number of halogens is 2. The van der Waals surface area contributed by atoms with Gasteiger partial charge in [0.05, 0.1) is 0 Å². The van der Waals surface area contributed by atoms with E-state index in [4.69, 9.17) is 27.9 Å². The van der Waals surface area contributed by atoms with E-state index in [2.05, 4.69) is 19.1 Å². The second kappa shape index (κ2) is 6.31. The van der Waals surface area contributed by atoms with Gasteiger partial charge in [0.1, 0.15) is 12.4 Å². The lowest BCUT2D eigenvalue weighted by atomic mass is 10.1. The molecule has 2 rings (SSSR count). The highest BCUT2D eigenvalue weighted by Crippen LogP contribution is 2.23. The van der Waals surface area contributed by atoms with Gasteiger partial charge >= 0.3 is 0 Å². The van der Waals surface area contributed by atoms with Gasteiger partial charge in [-0.1, -0.05) is 29.8 Å². The molecule has 0 aromatic heterocycles. The zero-order valence-corrected chi connectivity index (χ0v) is 12.6. The van der Waals surface area contributed by atoms with E-state index in [0.29, 0.717) is 17.5 Å². The number of hydrogen-bond donors (Lipinski definition) is 0. The second-order valence-corrected chi connectivity index (χ2v) is 5.31. The third-order valence-electron chi connectivity index (χ3n) is 3.04. The summed E-state index contributed by atoms with van der Waals surface area (Å²) in [6, 6.07) is 11.9. The summed E-state index contributed by atoms with van der Waals surface area (Å²) in [7, 11) is 0. The fourth-order valence-electron chi connectivity index (χ4n) is 1.88. The number of aryl methyl sites for hydroxylation is 2. The fourth-order valence-corrected chi connectivity index (χ4v) is 2.33. The maximum Gasteiger partial charge on any atom is 0.122 e. The van der Waals surface area contributed by atoms with E-state index in [9.17, 15) is 0 Å². The number of benzene rings is 2. The van der Waals surface area contributed by atoms with E-state index < -0.39 is 0 Å². The Labute approximate surface area is 124 Å². The summed E-state index contributed by atoms with van der Waals surface area (Å²) in [6.45, 7) is 4.57. The van der Waals surface area contributed by atoms with Crippen molar-refractivity contribution in [3.63, 3.8) is 0 Å². The number of alkyl halides is 1. The highest BCUT2D eigenvalue weighted by molar-refractivity contribution is 6.30. The lowest BCUT2D eigenvalue weighted by molar-refractivity contribution is 0.303. The molecule has 0 atom stereocenters. The molecule has 100 valence electrons. The molecule has 0 aliphatic heterocycles. The molecular weight excluding hydrogens is 279 g/mol. The Hall–Kier alpha value is -1.18. The monoisotopic (exact) mass is 294 g/mol. The third kappa shape index (κ3) is 3.65. The van der Waals surface area contributed by atoms with Crippen molar-refractivity contribution in [2.45, 2.75) is 26.3 Å². The van der Waals surface area contributed by atoms with Crippen LogP contribution in [0.4, 0.5) is 0 Å². The molecule has 19 heavy (non-hydrogen) atoms. The van der Waals surface area contributed by atoms with E-state index >= 15 is 0 Å². The van der Waals surface area contributed by atoms with Crippen molar-refractivity contribution < 1.29 is 4.74 Å². The van der Waals surface area contributed by atoms with Crippen LogP contribution >= 0.6 is 23.2 Å². The molecule has 0 bridgehead atoms. The van der Waals surface area contributed by atoms with E-state index in [0.717, 1.165) is 22.4 Å². The van der Waals surface area contributed by atoms with Crippen molar-refractivity contribution in [1.82, 2.24) is 0 Å². The van der Waals surface area contributed by atoms with Gasteiger partial charge < -0.3 is 4.74 Å². The molecule has 2 aromatic carbocycles. The van der Waals surface area contributed by atoms with Crippen LogP contribution in [0.25, 0.3) is 0 Å². The van der Waals surface area contributed by atoms with Crippen LogP contribution in [-0.4, -0.2) is 0 Å². The standard InChI is InChI=1S/C16H16Cl2O/c1-11-3-4-12(2)16(7-11)19-10-14-8-15(18)6-5-13(14)9-17/h3-8H,9-10H2,1-2H3. The van der Waals surface area contributed by atoms with Crippen molar-refractivity contribution in [2.24, 2.45) is 0 Å². The van der Waals surface area contributed by atoms with Gasteiger partial charge in [0.25, 0.3) is 0 Å². The number of ether oxygens (including phenoxy) is 1. The highest BCUT2D eigenvalue weighted by Gasteiger charge is 2.05. The predicted octanol–water partition coefficient (Wildman–Crippen LogP) is 5.27. The summed E-state index contributed by atoms with van der Waals surface area (Å²) in [4.78, 5) is 0. The molecule has 0 unspecified atom stereocenters. The Morgan fingerprint density at radius 1 is 1.00 bits per heavy atom. The largest absolute Gasteiger partial charge is 0.489 e. The highest BCUT2D eigenvalue weighted by atomic mass is 35.5. The maximum atomic E-state index is 6.01. The smallest absolute Gasteiger partial charge is 0.122 e. The molecule has 0 aliphatic carbocycles. The Morgan fingerprint density at radius 2 is 1.79 bits per heavy atom. The van der Waals surface area contributed by atoms with Crippen LogP contribution < -0.4 is 4.74 Å². The van der Waals surface area contributed by atoms with E-state index in [1.54, 1.807) is 0 Å². The zero-order valence-electron chi connectivity index (χ0n) is 11.0. The summed E-state index contributed by atoms with van der Waals surface area (Å²) in [5.74, 6) is 1.36. The molecule has 0 amide bonds. The quantitative estimate of drug-likeness (QED) is 0.698. The van der Waals surface area contributed by atoms with Crippen molar-refractivity contribution in [1.29, 1.82) is 0 Å². The van der Waals surface area contributed by atoms with Crippen LogP contribution in [0.3, 0.4) is 0 Å². The van der Waals surface area contributed by atoms with Crippen LogP contribution in [0, 0.1) is 13.8 Å². The van der Waals surface area contributed by atoms with Crippen LogP contribution in [0.1, 0.15) is 22.3 Å². The van der Waals surface area contributed by atoms with Gasteiger partial charge in [-0.2, -0.15) is 0 Å². The molecule has 0 saturated carbocycles. The van der Waals surface area contributed by atoms with Gasteiger partial charge in [-0.05, 0) is 54.3 Å². The maximum absolute atomic E-state index is 6.01. The average Bonchev–Trinajstić information content (AvgIpc) is 2.40. The van der Waals surface area contributed by atoms with Gasteiger partial charge in [0.15, 0.2) is 0 Å². The Kier molecular flexibility index (Phi) is 4.73. The molecule has 0 fully saturated rings. The van der Waals surface area contributed by atoms with Crippen molar-refractivity contribution in [3.05, 3.63) is 63.7 Å². The average molecular weight is 295 g/mol. The first-order chi connectivity index (χ1) is 9.10. The second-order valence-electron chi connectivity index (χ2n) is 4.60.